The third-order valence-corrected chi connectivity index (χ3v) is 3.10. The Morgan fingerprint density at radius 3 is 2.31 bits per heavy atom. The third-order valence-electron chi connectivity index (χ3n) is 3.10. The Hall–Kier alpha value is -1.60. The van der Waals surface area contributed by atoms with Gasteiger partial charge in [0.2, 0.25) is 5.69 Å². The number of isocyanates is 1. The first kappa shape index (κ1) is 10.9. The van der Waals surface area contributed by atoms with Gasteiger partial charge in [-0.1, -0.05) is 0 Å². The molecular formula is C13H17N2O+. The fourth-order valence-electron chi connectivity index (χ4n) is 2.09. The van der Waals surface area contributed by atoms with Crippen LogP contribution >= 0.6 is 0 Å². The molecule has 1 aromatic carbocycles. The van der Waals surface area contributed by atoms with Crippen molar-refractivity contribution in [2.24, 2.45) is 0 Å². The highest BCUT2D eigenvalue weighted by atomic mass is 16.1. The molecule has 0 bridgehead atoms. The molecule has 1 aliphatic heterocycles. The average molecular weight is 217 g/mol. The second kappa shape index (κ2) is 4.95. The second-order valence-corrected chi connectivity index (χ2v) is 4.21. The molecule has 0 spiro atoms. The van der Waals surface area contributed by atoms with E-state index in [0.29, 0.717) is 0 Å². The van der Waals surface area contributed by atoms with Crippen LogP contribution in [0.5, 0.6) is 0 Å². The van der Waals surface area contributed by atoms with Crippen molar-refractivity contribution in [1.82, 2.24) is 0 Å². The van der Waals surface area contributed by atoms with E-state index in [1.165, 1.54) is 29.5 Å². The molecule has 0 aliphatic carbocycles. The highest BCUT2D eigenvalue weighted by molar-refractivity contribution is 5.51. The van der Waals surface area contributed by atoms with Gasteiger partial charge in [0.05, 0.1) is 0 Å². The molecule has 1 saturated heterocycles. The molecule has 1 aromatic rings. The van der Waals surface area contributed by atoms with Crippen molar-refractivity contribution >= 4 is 17.5 Å². The first-order chi connectivity index (χ1) is 7.81. The van der Waals surface area contributed by atoms with Crippen molar-refractivity contribution in [1.29, 1.82) is 0 Å². The van der Waals surface area contributed by atoms with Crippen LogP contribution in [0, 0.1) is 0 Å². The van der Waals surface area contributed by atoms with E-state index in [9.17, 15) is 4.79 Å². The lowest BCUT2D eigenvalue weighted by Gasteiger charge is -2.28. The fraction of sp³-hybridized carbons (Fsp3) is 0.462. The van der Waals surface area contributed by atoms with E-state index in [1.54, 1.807) is 7.05 Å². The monoisotopic (exact) mass is 217 g/mol. The van der Waals surface area contributed by atoms with Crippen LogP contribution in [0.4, 0.5) is 11.4 Å². The number of piperidine rings is 1. The molecule has 1 fully saturated rings. The molecule has 0 saturated carbocycles. The van der Waals surface area contributed by atoms with Gasteiger partial charge in [-0.05, 0) is 31.4 Å². The molecule has 0 N–H and O–H groups in total. The minimum Gasteiger partial charge on any atom is -0.372 e. The van der Waals surface area contributed by atoms with E-state index in [4.69, 9.17) is 0 Å². The Morgan fingerprint density at radius 1 is 1.12 bits per heavy atom. The number of benzene rings is 1. The van der Waals surface area contributed by atoms with Crippen molar-refractivity contribution in [3.05, 3.63) is 24.3 Å². The van der Waals surface area contributed by atoms with Gasteiger partial charge in [0.15, 0.2) is 7.05 Å². The maximum absolute atomic E-state index is 10.5. The number of nitrogens with zero attached hydrogens (tertiary/aromatic N) is 2. The van der Waals surface area contributed by atoms with Crippen LogP contribution in [0.1, 0.15) is 19.3 Å². The molecule has 16 heavy (non-hydrogen) atoms. The Bertz CT molecular complexity index is 398. The van der Waals surface area contributed by atoms with Crippen LogP contribution in [0.25, 0.3) is 0 Å². The minimum absolute atomic E-state index is 0.885. The van der Waals surface area contributed by atoms with Gasteiger partial charge in [-0.2, -0.15) is 4.79 Å². The van der Waals surface area contributed by atoms with Crippen LogP contribution in [-0.4, -0.2) is 30.8 Å². The summed E-state index contributed by atoms with van der Waals surface area (Å²) in [6, 6.07) is 8.09. The summed E-state index contributed by atoms with van der Waals surface area (Å²) in [6.07, 6.45) is 5.76. The van der Waals surface area contributed by atoms with E-state index in [-0.39, 0.29) is 0 Å². The Kier molecular flexibility index (Phi) is 3.37. The highest BCUT2D eigenvalue weighted by Gasteiger charge is 2.11. The lowest BCUT2D eigenvalue weighted by molar-refractivity contribution is -0.401. The van der Waals surface area contributed by atoms with Gasteiger partial charge >= 0.3 is 6.08 Å². The first-order valence-corrected chi connectivity index (χ1v) is 5.78. The molecular weight excluding hydrogens is 200 g/mol. The van der Waals surface area contributed by atoms with Crippen LogP contribution in [0.2, 0.25) is 0 Å². The lowest BCUT2D eigenvalue weighted by atomic mass is 10.1. The lowest BCUT2D eigenvalue weighted by Crippen LogP contribution is -2.29. The Labute approximate surface area is 96.0 Å². The van der Waals surface area contributed by atoms with Crippen molar-refractivity contribution in [3.63, 3.8) is 0 Å². The molecule has 0 aromatic heterocycles. The zero-order chi connectivity index (χ0) is 11.4. The minimum atomic E-state index is 0.885. The SMILES string of the molecule is C[N+](=C=O)c1ccc(N2CCCCC2)cc1. The van der Waals surface area contributed by atoms with Crippen molar-refractivity contribution in [3.8, 4) is 0 Å². The molecule has 0 unspecified atom stereocenters. The molecule has 1 heterocycles. The molecule has 3 nitrogen and oxygen atoms in total. The molecule has 0 amide bonds. The van der Waals surface area contributed by atoms with Crippen LogP contribution < -0.4 is 4.90 Å². The molecule has 84 valence electrons. The zero-order valence-electron chi connectivity index (χ0n) is 9.65. The van der Waals surface area contributed by atoms with E-state index in [1.807, 2.05) is 18.2 Å². The molecule has 1 aliphatic rings. The predicted octanol–water partition coefficient (Wildman–Crippen LogP) is 2.29. The maximum Gasteiger partial charge on any atom is 0.430 e. The second-order valence-electron chi connectivity index (χ2n) is 4.21. The summed E-state index contributed by atoms with van der Waals surface area (Å²) in [6.45, 7) is 2.30. The third kappa shape index (κ3) is 2.31. The largest absolute Gasteiger partial charge is 0.430 e. The van der Waals surface area contributed by atoms with Gasteiger partial charge in [0, 0.05) is 30.9 Å². The first-order valence-electron chi connectivity index (χ1n) is 5.78. The number of hydrogen-bond donors (Lipinski definition) is 0. The molecule has 3 heteroatoms. The normalized spacial score (nSPS) is 15.7. The fourth-order valence-corrected chi connectivity index (χ4v) is 2.09. The van der Waals surface area contributed by atoms with Crippen molar-refractivity contribution in [2.45, 2.75) is 19.3 Å². The standard InChI is InChI=1S/C13H17N2O/c1-14(11-16)12-5-7-13(8-6-12)15-9-3-2-4-10-15/h5-8H,2-4,9-10H2,1H3/q+1. The van der Waals surface area contributed by atoms with Gasteiger partial charge < -0.3 is 4.90 Å². The smallest absolute Gasteiger partial charge is 0.372 e. The van der Waals surface area contributed by atoms with Crippen LogP contribution in [0.3, 0.4) is 0 Å². The summed E-state index contributed by atoms with van der Waals surface area (Å²) in [4.78, 5) is 12.9. The summed E-state index contributed by atoms with van der Waals surface area (Å²) in [7, 11) is 1.71. The summed E-state index contributed by atoms with van der Waals surface area (Å²) < 4.78 is 1.46. The number of rotatable bonds is 2. The van der Waals surface area contributed by atoms with Crippen molar-refractivity contribution < 1.29 is 9.37 Å². The summed E-state index contributed by atoms with van der Waals surface area (Å²) in [5, 5.41) is 0. The Morgan fingerprint density at radius 2 is 1.75 bits per heavy atom. The average Bonchev–Trinajstić information content (AvgIpc) is 2.39. The van der Waals surface area contributed by atoms with E-state index in [2.05, 4.69) is 17.0 Å². The molecule has 0 radical (unpaired) electrons. The van der Waals surface area contributed by atoms with Crippen LogP contribution in [0.15, 0.2) is 24.3 Å². The number of anilines is 1. The molecule has 2 rings (SSSR count). The van der Waals surface area contributed by atoms with Crippen LogP contribution in [-0.2, 0) is 4.79 Å². The number of hydrogen-bond acceptors (Lipinski definition) is 2. The van der Waals surface area contributed by atoms with Gasteiger partial charge in [-0.25, -0.2) is 0 Å². The van der Waals surface area contributed by atoms with Gasteiger partial charge in [0.25, 0.3) is 0 Å². The van der Waals surface area contributed by atoms with Crippen molar-refractivity contribution in [2.75, 3.05) is 25.0 Å². The maximum atomic E-state index is 10.5. The topological polar surface area (TPSA) is 23.3 Å². The van der Waals surface area contributed by atoms with E-state index >= 15 is 0 Å². The number of carbonyl (C=O) groups excluding carboxylic acids is 1. The van der Waals surface area contributed by atoms with Gasteiger partial charge in [-0.15, -0.1) is 4.58 Å². The van der Waals surface area contributed by atoms with Gasteiger partial charge in [-0.3, -0.25) is 0 Å². The van der Waals surface area contributed by atoms with Gasteiger partial charge in [0.1, 0.15) is 0 Å². The zero-order valence-corrected chi connectivity index (χ0v) is 9.65. The quantitative estimate of drug-likeness (QED) is 0.431. The van der Waals surface area contributed by atoms with E-state index in [0.717, 1.165) is 18.8 Å². The summed E-state index contributed by atoms with van der Waals surface area (Å²) in [5.41, 5.74) is 2.14. The predicted molar refractivity (Wildman–Crippen MR) is 64.0 cm³/mol. The highest BCUT2D eigenvalue weighted by Crippen LogP contribution is 2.22. The van der Waals surface area contributed by atoms with E-state index < -0.39 is 0 Å². The summed E-state index contributed by atoms with van der Waals surface area (Å²) in [5.74, 6) is 0. The Balaban J connectivity index is 2.15. The summed E-state index contributed by atoms with van der Waals surface area (Å²) >= 11 is 0. The molecule has 0 atom stereocenters.